The molecule has 0 aliphatic carbocycles. The van der Waals surface area contributed by atoms with E-state index in [1.807, 2.05) is 49.1 Å². The Morgan fingerprint density at radius 1 is 1.06 bits per heavy atom. The van der Waals surface area contributed by atoms with Gasteiger partial charge in [-0.05, 0) is 85.8 Å². The highest BCUT2D eigenvalue weighted by atomic mass is 32.2. The number of piperidine rings is 1. The first-order valence-corrected chi connectivity index (χ1v) is 13.2. The van der Waals surface area contributed by atoms with E-state index in [2.05, 4.69) is 0 Å². The molecule has 8 heteroatoms. The van der Waals surface area contributed by atoms with Gasteiger partial charge in [-0.3, -0.25) is 19.3 Å². The van der Waals surface area contributed by atoms with E-state index in [1.54, 1.807) is 25.3 Å². The number of carbonyl (C=O) groups excluding carboxylic acids is 3. The summed E-state index contributed by atoms with van der Waals surface area (Å²) >= 11 is 0.957. The number of ether oxygens (including phenoxy) is 2. The molecular formula is C28H32N2O5S. The second-order valence-corrected chi connectivity index (χ2v) is 10.1. The number of thioether (sulfide) groups is 1. The lowest BCUT2D eigenvalue weighted by atomic mass is 10.1. The quantitative estimate of drug-likeness (QED) is 0.424. The van der Waals surface area contributed by atoms with E-state index in [1.165, 1.54) is 11.3 Å². The van der Waals surface area contributed by atoms with E-state index >= 15 is 0 Å². The summed E-state index contributed by atoms with van der Waals surface area (Å²) in [4.78, 5) is 41.3. The first kappa shape index (κ1) is 25.8. The van der Waals surface area contributed by atoms with Crippen LogP contribution in [0.3, 0.4) is 0 Å². The summed E-state index contributed by atoms with van der Waals surface area (Å²) in [6.07, 6.45) is 5.74. The van der Waals surface area contributed by atoms with Gasteiger partial charge in [0, 0.05) is 24.7 Å². The zero-order valence-corrected chi connectivity index (χ0v) is 21.8. The lowest BCUT2D eigenvalue weighted by Gasteiger charge is -2.26. The average Bonchev–Trinajstić information content (AvgIpc) is 3.19. The molecule has 0 unspecified atom stereocenters. The fraction of sp³-hybridized carbons (Fsp3) is 0.393. The van der Waals surface area contributed by atoms with Crippen LogP contribution >= 0.6 is 11.8 Å². The SMILES string of the molecule is CC[C@@H](C)N1C(=O)S/C(=C/c2ccc(OCc3ccc(C(=O)N4CCCCC4)cc3)c(OC)c2)C1=O. The van der Waals surface area contributed by atoms with Crippen LogP contribution in [-0.4, -0.2) is 53.1 Å². The van der Waals surface area contributed by atoms with Crippen molar-refractivity contribution in [1.29, 1.82) is 0 Å². The molecule has 0 radical (unpaired) electrons. The van der Waals surface area contributed by atoms with Gasteiger partial charge in [-0.2, -0.15) is 0 Å². The van der Waals surface area contributed by atoms with Crippen LogP contribution in [0.4, 0.5) is 4.79 Å². The molecule has 2 heterocycles. The Morgan fingerprint density at radius 2 is 1.78 bits per heavy atom. The van der Waals surface area contributed by atoms with Crippen molar-refractivity contribution >= 4 is 34.9 Å². The molecule has 0 spiro atoms. The standard InChI is InChI=1S/C28H32N2O5S/c1-4-19(2)30-27(32)25(36-28(30)33)17-21-10-13-23(24(16-21)34-3)35-18-20-8-11-22(12-9-20)26(31)29-14-6-5-7-15-29/h8-13,16-17,19H,4-7,14-15,18H2,1-3H3/b25-17+/t19-/m1/s1. The molecule has 4 rings (SSSR count). The molecule has 190 valence electrons. The van der Waals surface area contributed by atoms with E-state index in [0.29, 0.717) is 35.0 Å². The Balaban J connectivity index is 1.41. The Bertz CT molecular complexity index is 1160. The van der Waals surface area contributed by atoms with Crippen LogP contribution in [0.1, 0.15) is 61.0 Å². The van der Waals surface area contributed by atoms with Crippen molar-refractivity contribution in [2.24, 2.45) is 0 Å². The monoisotopic (exact) mass is 508 g/mol. The highest BCUT2D eigenvalue weighted by Crippen LogP contribution is 2.36. The highest BCUT2D eigenvalue weighted by molar-refractivity contribution is 8.18. The summed E-state index contributed by atoms with van der Waals surface area (Å²) in [6.45, 7) is 5.80. The van der Waals surface area contributed by atoms with Crippen molar-refractivity contribution in [2.75, 3.05) is 20.2 Å². The third-order valence-electron chi connectivity index (χ3n) is 6.58. The molecular weight excluding hydrogens is 476 g/mol. The molecule has 1 atom stereocenters. The molecule has 7 nitrogen and oxygen atoms in total. The summed E-state index contributed by atoms with van der Waals surface area (Å²) in [6, 6.07) is 12.8. The number of hydrogen-bond donors (Lipinski definition) is 0. The molecule has 2 aromatic rings. The van der Waals surface area contributed by atoms with Gasteiger partial charge in [0.25, 0.3) is 17.1 Å². The van der Waals surface area contributed by atoms with Crippen LogP contribution in [0.15, 0.2) is 47.4 Å². The van der Waals surface area contributed by atoms with Crippen molar-refractivity contribution < 1.29 is 23.9 Å². The fourth-order valence-corrected chi connectivity index (χ4v) is 5.20. The number of benzene rings is 2. The fourth-order valence-electron chi connectivity index (χ4n) is 4.27. The third-order valence-corrected chi connectivity index (χ3v) is 7.46. The molecule has 2 aliphatic rings. The second-order valence-electron chi connectivity index (χ2n) is 9.06. The Morgan fingerprint density at radius 3 is 2.44 bits per heavy atom. The van der Waals surface area contributed by atoms with Gasteiger partial charge in [0.2, 0.25) is 0 Å². The van der Waals surface area contributed by atoms with Gasteiger partial charge in [-0.1, -0.05) is 25.1 Å². The van der Waals surface area contributed by atoms with E-state index in [-0.39, 0.29) is 23.1 Å². The molecule has 2 saturated heterocycles. The van der Waals surface area contributed by atoms with Gasteiger partial charge in [0.15, 0.2) is 11.5 Å². The summed E-state index contributed by atoms with van der Waals surface area (Å²) in [5.41, 5.74) is 2.38. The lowest BCUT2D eigenvalue weighted by molar-refractivity contribution is -0.124. The molecule has 0 N–H and O–H groups in total. The van der Waals surface area contributed by atoms with Crippen LogP contribution in [0, 0.1) is 0 Å². The predicted molar refractivity (Wildman–Crippen MR) is 141 cm³/mol. The van der Waals surface area contributed by atoms with Crippen LogP contribution in [-0.2, 0) is 11.4 Å². The van der Waals surface area contributed by atoms with E-state index in [9.17, 15) is 14.4 Å². The predicted octanol–water partition coefficient (Wildman–Crippen LogP) is 5.74. The minimum absolute atomic E-state index is 0.0847. The van der Waals surface area contributed by atoms with E-state index < -0.39 is 0 Å². The number of nitrogens with zero attached hydrogens (tertiary/aromatic N) is 2. The molecule has 0 aromatic heterocycles. The number of likely N-dealkylation sites (tertiary alicyclic amines) is 1. The first-order valence-electron chi connectivity index (χ1n) is 12.4. The summed E-state index contributed by atoms with van der Waals surface area (Å²) in [7, 11) is 1.56. The maximum absolute atomic E-state index is 12.7. The minimum atomic E-state index is -0.263. The summed E-state index contributed by atoms with van der Waals surface area (Å²) in [5.74, 6) is 0.917. The third kappa shape index (κ3) is 5.75. The second kappa shape index (κ2) is 11.6. The smallest absolute Gasteiger partial charge is 0.293 e. The molecule has 3 amide bonds. The molecule has 2 fully saturated rings. The van der Waals surface area contributed by atoms with Gasteiger partial charge < -0.3 is 14.4 Å². The zero-order valence-electron chi connectivity index (χ0n) is 21.0. The number of imide groups is 1. The van der Waals surface area contributed by atoms with Crippen LogP contribution in [0.5, 0.6) is 11.5 Å². The molecule has 0 saturated carbocycles. The van der Waals surface area contributed by atoms with E-state index in [4.69, 9.17) is 9.47 Å². The first-order chi connectivity index (χ1) is 17.4. The maximum Gasteiger partial charge on any atom is 0.293 e. The van der Waals surface area contributed by atoms with Crippen molar-refractivity contribution in [3.05, 3.63) is 64.1 Å². The molecule has 0 bridgehead atoms. The Kier molecular flexibility index (Phi) is 8.36. The topological polar surface area (TPSA) is 76.2 Å². The molecule has 2 aliphatic heterocycles. The van der Waals surface area contributed by atoms with Crippen LogP contribution < -0.4 is 9.47 Å². The van der Waals surface area contributed by atoms with Gasteiger partial charge in [-0.15, -0.1) is 0 Å². The average molecular weight is 509 g/mol. The van der Waals surface area contributed by atoms with Crippen molar-refractivity contribution in [3.63, 3.8) is 0 Å². The maximum atomic E-state index is 12.7. The van der Waals surface area contributed by atoms with Gasteiger partial charge in [0.05, 0.1) is 12.0 Å². The lowest BCUT2D eigenvalue weighted by Crippen LogP contribution is -2.36. The van der Waals surface area contributed by atoms with Gasteiger partial charge in [0.1, 0.15) is 6.61 Å². The van der Waals surface area contributed by atoms with Gasteiger partial charge in [-0.25, -0.2) is 0 Å². The largest absolute Gasteiger partial charge is 0.493 e. The van der Waals surface area contributed by atoms with Crippen LogP contribution in [0.2, 0.25) is 0 Å². The van der Waals surface area contributed by atoms with Crippen LogP contribution in [0.25, 0.3) is 6.08 Å². The number of carbonyl (C=O) groups is 3. The Hall–Kier alpha value is -3.26. The van der Waals surface area contributed by atoms with E-state index in [0.717, 1.165) is 48.8 Å². The Labute approximate surface area is 216 Å². The normalized spacial score (nSPS) is 18.0. The van der Waals surface area contributed by atoms with Crippen molar-refractivity contribution in [3.8, 4) is 11.5 Å². The molecule has 36 heavy (non-hydrogen) atoms. The zero-order chi connectivity index (χ0) is 25.7. The minimum Gasteiger partial charge on any atom is -0.493 e. The number of rotatable bonds is 8. The highest BCUT2D eigenvalue weighted by Gasteiger charge is 2.37. The van der Waals surface area contributed by atoms with Gasteiger partial charge >= 0.3 is 0 Å². The summed E-state index contributed by atoms with van der Waals surface area (Å²) < 4.78 is 11.5. The molecule has 2 aromatic carbocycles. The summed E-state index contributed by atoms with van der Waals surface area (Å²) in [5, 5.41) is -0.240. The number of hydrogen-bond acceptors (Lipinski definition) is 6. The number of methoxy groups -OCH3 is 1. The van der Waals surface area contributed by atoms with Crippen molar-refractivity contribution in [1.82, 2.24) is 9.80 Å². The van der Waals surface area contributed by atoms with Crippen molar-refractivity contribution in [2.45, 2.75) is 52.2 Å². The number of amides is 3.